The molecule has 7 aromatic carbocycles. The van der Waals surface area contributed by atoms with Crippen molar-refractivity contribution in [2.45, 2.75) is 13.8 Å². The van der Waals surface area contributed by atoms with Gasteiger partial charge < -0.3 is 9.97 Å². The molecule has 11 aromatic rings. The lowest BCUT2D eigenvalue weighted by molar-refractivity contribution is 1.09. The fourth-order valence-electron chi connectivity index (χ4n) is 7.77. The number of imidazole rings is 4. The van der Waals surface area contributed by atoms with Gasteiger partial charge in [-0.3, -0.25) is 9.13 Å². The first-order chi connectivity index (χ1) is 27.5. The van der Waals surface area contributed by atoms with Crippen molar-refractivity contribution < 1.29 is 0 Å². The number of rotatable bonds is 6. The Labute approximate surface area is 321 Å². The number of aromatic nitrogens is 8. The third-order valence-corrected chi connectivity index (χ3v) is 10.6. The summed E-state index contributed by atoms with van der Waals surface area (Å²) in [6.45, 7) is 4.18. The van der Waals surface area contributed by atoms with E-state index in [0.29, 0.717) is 0 Å². The molecule has 2 N–H and O–H groups in total. The number of hydrogen-bond acceptors (Lipinski definition) is 4. The molecule has 0 bridgehead atoms. The molecule has 0 fully saturated rings. The van der Waals surface area contributed by atoms with Crippen molar-refractivity contribution in [3.8, 4) is 56.9 Å². The first-order valence-electron chi connectivity index (χ1n) is 18.7. The molecule has 0 aliphatic rings. The van der Waals surface area contributed by atoms with E-state index >= 15 is 0 Å². The molecule has 4 heterocycles. The summed E-state index contributed by atoms with van der Waals surface area (Å²) in [5.41, 5.74) is 16.5. The summed E-state index contributed by atoms with van der Waals surface area (Å²) < 4.78 is 4.46. The van der Waals surface area contributed by atoms with Gasteiger partial charge >= 0.3 is 0 Å². The maximum atomic E-state index is 5.15. The molecule has 0 aliphatic carbocycles. The highest BCUT2D eigenvalue weighted by molar-refractivity contribution is 5.87. The maximum absolute atomic E-state index is 5.15. The molecule has 11 rings (SSSR count). The molecule has 0 aliphatic heterocycles. The lowest BCUT2D eigenvalue weighted by atomic mass is 10.1. The van der Waals surface area contributed by atoms with Crippen molar-refractivity contribution in [2.75, 3.05) is 0 Å². The summed E-state index contributed by atoms with van der Waals surface area (Å²) in [5, 5.41) is 0. The number of nitrogens with zero attached hydrogens (tertiary/aromatic N) is 6. The average Bonchev–Trinajstić information content (AvgIpc) is 4.03. The summed E-state index contributed by atoms with van der Waals surface area (Å²) in [4.78, 5) is 27.0. The summed E-state index contributed by atoms with van der Waals surface area (Å²) >= 11 is 0. The van der Waals surface area contributed by atoms with Crippen molar-refractivity contribution in [1.82, 2.24) is 39.0 Å². The predicted molar refractivity (Wildman–Crippen MR) is 226 cm³/mol. The van der Waals surface area contributed by atoms with Gasteiger partial charge in [0.2, 0.25) is 0 Å². The molecule has 8 nitrogen and oxygen atoms in total. The van der Waals surface area contributed by atoms with Crippen LogP contribution in [0.15, 0.2) is 158 Å². The van der Waals surface area contributed by atoms with Gasteiger partial charge in [-0.25, -0.2) is 19.9 Å². The quantitative estimate of drug-likeness (QED) is 0.179. The van der Waals surface area contributed by atoms with E-state index in [2.05, 4.69) is 179 Å². The van der Waals surface area contributed by atoms with Gasteiger partial charge in [0.15, 0.2) is 0 Å². The summed E-state index contributed by atoms with van der Waals surface area (Å²) in [6, 6.07) is 54.8. The van der Waals surface area contributed by atoms with Crippen LogP contribution >= 0.6 is 0 Å². The fourth-order valence-corrected chi connectivity index (χ4v) is 7.77. The van der Waals surface area contributed by atoms with Gasteiger partial charge in [-0.15, -0.1) is 0 Å². The standard InChI is InChI=1S/C48H34N8/c1-29-11-25-37-41(27-29)51-45(49-37)31-17-21-35(22-18-31)55-43-9-5-3-7-39(43)53-47(55)33-13-15-34(16-14-33)48-54-40-8-4-6-10-44(40)56(48)36-23-19-32(20-24-36)46-50-38-26-12-30(2)28-42(38)52-46/h3-28H,1-2H3,(H,49,51)(H,50,52). The van der Waals surface area contributed by atoms with Gasteiger partial charge in [-0.2, -0.15) is 0 Å². The van der Waals surface area contributed by atoms with E-state index < -0.39 is 0 Å². The molecule has 0 spiro atoms. The highest BCUT2D eigenvalue weighted by Gasteiger charge is 2.18. The molecular formula is C48H34N8. The highest BCUT2D eigenvalue weighted by atomic mass is 15.1. The van der Waals surface area contributed by atoms with E-state index in [9.17, 15) is 0 Å². The molecule has 8 heteroatoms. The van der Waals surface area contributed by atoms with E-state index in [1.807, 2.05) is 12.1 Å². The van der Waals surface area contributed by atoms with Crippen molar-refractivity contribution in [3.63, 3.8) is 0 Å². The number of nitrogens with one attached hydrogen (secondary N) is 2. The van der Waals surface area contributed by atoms with Crippen LogP contribution in [0.5, 0.6) is 0 Å². The Morgan fingerprint density at radius 2 is 0.768 bits per heavy atom. The normalized spacial score (nSPS) is 11.8. The summed E-state index contributed by atoms with van der Waals surface area (Å²) in [7, 11) is 0. The molecule has 56 heavy (non-hydrogen) atoms. The molecular weight excluding hydrogens is 689 g/mol. The van der Waals surface area contributed by atoms with Crippen LogP contribution in [0.4, 0.5) is 0 Å². The van der Waals surface area contributed by atoms with Crippen molar-refractivity contribution >= 4 is 44.1 Å². The van der Waals surface area contributed by atoms with Crippen LogP contribution in [0.1, 0.15) is 11.1 Å². The molecule has 4 aromatic heterocycles. The number of fused-ring (bicyclic) bond motifs is 4. The van der Waals surface area contributed by atoms with Crippen LogP contribution in [-0.4, -0.2) is 39.0 Å². The van der Waals surface area contributed by atoms with E-state index in [-0.39, 0.29) is 0 Å². The summed E-state index contributed by atoms with van der Waals surface area (Å²) in [5.74, 6) is 3.45. The SMILES string of the molecule is Cc1ccc2[nH]c(-c3ccc(-n4c(-c5ccc(-c6nc7ccccc7n6-c6ccc(-c7nc8cc(C)ccc8[nH]7)cc6)cc5)nc5ccccc54)cc3)nc2c1. The van der Waals surface area contributed by atoms with E-state index in [4.69, 9.17) is 19.9 Å². The van der Waals surface area contributed by atoms with Gasteiger partial charge in [0.05, 0.1) is 44.1 Å². The van der Waals surface area contributed by atoms with Gasteiger partial charge in [-0.1, -0.05) is 60.7 Å². The molecule has 0 atom stereocenters. The largest absolute Gasteiger partial charge is 0.338 e. The zero-order valence-corrected chi connectivity index (χ0v) is 30.7. The Bertz CT molecular complexity index is 3030. The number of H-pyrrole nitrogens is 2. The third-order valence-electron chi connectivity index (χ3n) is 10.6. The number of aryl methyl sites for hydroxylation is 2. The molecule has 0 unspecified atom stereocenters. The van der Waals surface area contributed by atoms with Crippen molar-refractivity contribution in [1.29, 1.82) is 0 Å². The second kappa shape index (κ2) is 12.5. The first-order valence-corrected chi connectivity index (χ1v) is 18.7. The van der Waals surface area contributed by atoms with Gasteiger partial charge in [-0.05, 0) is 122 Å². The Morgan fingerprint density at radius 3 is 1.20 bits per heavy atom. The van der Waals surface area contributed by atoms with Gasteiger partial charge in [0.1, 0.15) is 23.3 Å². The van der Waals surface area contributed by atoms with Crippen LogP contribution in [0.3, 0.4) is 0 Å². The molecule has 0 saturated heterocycles. The Hall–Kier alpha value is -7.58. The smallest absolute Gasteiger partial charge is 0.145 e. The number of aromatic amines is 2. The minimum Gasteiger partial charge on any atom is -0.338 e. The number of para-hydroxylation sites is 4. The van der Waals surface area contributed by atoms with E-state index in [1.165, 1.54) is 11.1 Å². The zero-order chi connectivity index (χ0) is 37.3. The Balaban J connectivity index is 0.956. The van der Waals surface area contributed by atoms with Crippen LogP contribution < -0.4 is 0 Å². The molecule has 0 amide bonds. The van der Waals surface area contributed by atoms with Crippen LogP contribution in [0.25, 0.3) is 101 Å². The van der Waals surface area contributed by atoms with Crippen LogP contribution in [0.2, 0.25) is 0 Å². The second-order valence-electron chi connectivity index (χ2n) is 14.4. The van der Waals surface area contributed by atoms with Gasteiger partial charge in [0, 0.05) is 33.6 Å². The Kier molecular flexibility index (Phi) is 7.12. The van der Waals surface area contributed by atoms with E-state index in [0.717, 1.165) is 101 Å². The number of hydrogen-bond donors (Lipinski definition) is 2. The third kappa shape index (κ3) is 5.30. The van der Waals surface area contributed by atoms with Crippen molar-refractivity contribution in [2.24, 2.45) is 0 Å². The maximum Gasteiger partial charge on any atom is 0.145 e. The monoisotopic (exact) mass is 722 g/mol. The average molecular weight is 723 g/mol. The van der Waals surface area contributed by atoms with Crippen LogP contribution in [0, 0.1) is 13.8 Å². The molecule has 266 valence electrons. The highest BCUT2D eigenvalue weighted by Crippen LogP contribution is 2.34. The zero-order valence-electron chi connectivity index (χ0n) is 30.7. The second-order valence-corrected chi connectivity index (χ2v) is 14.4. The number of benzene rings is 7. The minimum atomic E-state index is 0.853. The van der Waals surface area contributed by atoms with Crippen LogP contribution in [-0.2, 0) is 0 Å². The molecule has 0 saturated carbocycles. The fraction of sp³-hybridized carbons (Fsp3) is 0.0417. The topological polar surface area (TPSA) is 93.0 Å². The van der Waals surface area contributed by atoms with E-state index in [1.54, 1.807) is 0 Å². The first kappa shape index (κ1) is 31.9. The lowest BCUT2D eigenvalue weighted by Gasteiger charge is -2.12. The Morgan fingerprint density at radius 1 is 0.375 bits per heavy atom. The minimum absolute atomic E-state index is 0.853. The predicted octanol–water partition coefficient (Wildman–Crippen LogP) is 11.4. The van der Waals surface area contributed by atoms with Crippen molar-refractivity contribution in [3.05, 3.63) is 169 Å². The molecule has 0 radical (unpaired) electrons. The summed E-state index contributed by atoms with van der Waals surface area (Å²) in [6.07, 6.45) is 0. The van der Waals surface area contributed by atoms with Gasteiger partial charge in [0.25, 0.3) is 0 Å². The lowest BCUT2D eigenvalue weighted by Crippen LogP contribution is -1.99.